The number of nitrogen functional groups attached to an aromatic ring is 1. The molecule has 0 aliphatic heterocycles. The maximum Gasteiger partial charge on any atom is 0.229 e. The van der Waals surface area contributed by atoms with Gasteiger partial charge in [0.15, 0.2) is 0 Å². The standard InChI is InChI=1S/C10H7N3O2/c11-9-7-2-1-6(5-8(7)13-15-9)10-12-3-4-14-10/h1-5H,11H2. The lowest BCUT2D eigenvalue weighted by Crippen LogP contribution is -1.81. The van der Waals surface area contributed by atoms with Crippen molar-refractivity contribution in [2.24, 2.45) is 0 Å². The molecule has 5 heteroatoms. The fourth-order valence-electron chi connectivity index (χ4n) is 1.46. The second kappa shape index (κ2) is 2.84. The van der Waals surface area contributed by atoms with Crippen LogP contribution in [0, 0.1) is 0 Å². The van der Waals surface area contributed by atoms with Crippen molar-refractivity contribution in [1.29, 1.82) is 0 Å². The van der Waals surface area contributed by atoms with Gasteiger partial charge >= 0.3 is 0 Å². The number of nitrogens with two attached hydrogens (primary N) is 1. The Labute approximate surface area is 84.5 Å². The zero-order valence-corrected chi connectivity index (χ0v) is 7.68. The Morgan fingerprint density at radius 1 is 1.27 bits per heavy atom. The third kappa shape index (κ3) is 1.17. The highest BCUT2D eigenvalue weighted by atomic mass is 16.5. The number of rotatable bonds is 1. The first-order valence-corrected chi connectivity index (χ1v) is 4.39. The van der Waals surface area contributed by atoms with Crippen molar-refractivity contribution in [2.45, 2.75) is 0 Å². The molecular formula is C10H7N3O2. The number of hydrogen-bond acceptors (Lipinski definition) is 5. The van der Waals surface area contributed by atoms with Gasteiger partial charge in [-0.25, -0.2) is 4.98 Å². The number of benzene rings is 1. The Balaban J connectivity index is 2.23. The minimum absolute atomic E-state index is 0.323. The van der Waals surface area contributed by atoms with E-state index in [1.807, 2.05) is 18.2 Å². The third-order valence-electron chi connectivity index (χ3n) is 2.18. The molecule has 3 aromatic rings. The average molecular weight is 201 g/mol. The van der Waals surface area contributed by atoms with Crippen LogP contribution in [0.1, 0.15) is 0 Å². The molecule has 0 saturated carbocycles. The summed E-state index contributed by atoms with van der Waals surface area (Å²) < 4.78 is 10.0. The molecule has 15 heavy (non-hydrogen) atoms. The molecule has 0 aliphatic rings. The third-order valence-corrected chi connectivity index (χ3v) is 2.18. The molecule has 3 rings (SSSR count). The van der Waals surface area contributed by atoms with Gasteiger partial charge in [-0.15, -0.1) is 0 Å². The Kier molecular flexibility index (Phi) is 1.53. The van der Waals surface area contributed by atoms with Crippen LogP contribution in [0.5, 0.6) is 0 Å². The van der Waals surface area contributed by atoms with E-state index in [9.17, 15) is 0 Å². The van der Waals surface area contributed by atoms with Crippen molar-refractivity contribution in [3.05, 3.63) is 30.7 Å². The van der Waals surface area contributed by atoms with E-state index in [4.69, 9.17) is 14.7 Å². The van der Waals surface area contributed by atoms with Gasteiger partial charge in [-0.3, -0.25) is 0 Å². The number of hydrogen-bond donors (Lipinski definition) is 1. The molecule has 0 fully saturated rings. The predicted octanol–water partition coefficient (Wildman–Crippen LogP) is 2.06. The van der Waals surface area contributed by atoms with Crippen LogP contribution in [0.25, 0.3) is 22.4 Å². The van der Waals surface area contributed by atoms with Crippen LogP contribution in [0.2, 0.25) is 0 Å². The minimum atomic E-state index is 0.323. The highest BCUT2D eigenvalue weighted by Gasteiger charge is 2.08. The molecule has 1 aromatic carbocycles. The van der Waals surface area contributed by atoms with E-state index in [0.29, 0.717) is 17.3 Å². The van der Waals surface area contributed by atoms with E-state index in [0.717, 1.165) is 10.9 Å². The van der Waals surface area contributed by atoms with Crippen molar-refractivity contribution in [3.8, 4) is 11.5 Å². The van der Waals surface area contributed by atoms with E-state index < -0.39 is 0 Å². The van der Waals surface area contributed by atoms with Crippen LogP contribution >= 0.6 is 0 Å². The smallest absolute Gasteiger partial charge is 0.229 e. The Morgan fingerprint density at radius 2 is 2.20 bits per heavy atom. The molecule has 0 aliphatic carbocycles. The van der Waals surface area contributed by atoms with Crippen molar-refractivity contribution >= 4 is 16.8 Å². The van der Waals surface area contributed by atoms with E-state index in [1.54, 1.807) is 6.20 Å². The number of fused-ring (bicyclic) bond motifs is 1. The maximum absolute atomic E-state index is 5.58. The molecule has 0 bridgehead atoms. The van der Waals surface area contributed by atoms with Crippen molar-refractivity contribution in [2.75, 3.05) is 5.73 Å². The predicted molar refractivity (Wildman–Crippen MR) is 53.9 cm³/mol. The quantitative estimate of drug-likeness (QED) is 0.651. The summed E-state index contributed by atoms with van der Waals surface area (Å²) in [6, 6.07) is 5.52. The Bertz CT molecular complexity index is 598. The van der Waals surface area contributed by atoms with Gasteiger partial charge in [0, 0.05) is 5.56 Å². The zero-order valence-electron chi connectivity index (χ0n) is 7.68. The molecule has 0 radical (unpaired) electrons. The number of nitrogens with zero attached hydrogens (tertiary/aromatic N) is 2. The molecule has 0 unspecified atom stereocenters. The second-order valence-electron chi connectivity index (χ2n) is 3.12. The van der Waals surface area contributed by atoms with Crippen LogP contribution < -0.4 is 5.73 Å². The van der Waals surface area contributed by atoms with Crippen molar-refractivity contribution in [3.63, 3.8) is 0 Å². The van der Waals surface area contributed by atoms with Gasteiger partial charge < -0.3 is 14.7 Å². The molecule has 74 valence electrons. The summed E-state index contributed by atoms with van der Waals surface area (Å²) in [7, 11) is 0. The van der Waals surface area contributed by atoms with Gasteiger partial charge in [0.2, 0.25) is 11.8 Å². The minimum Gasteiger partial charge on any atom is -0.445 e. The second-order valence-corrected chi connectivity index (χ2v) is 3.12. The summed E-state index contributed by atoms with van der Waals surface area (Å²) in [5.74, 6) is 0.877. The van der Waals surface area contributed by atoms with E-state index >= 15 is 0 Å². The maximum atomic E-state index is 5.58. The number of aromatic nitrogens is 2. The van der Waals surface area contributed by atoms with Gasteiger partial charge in [0.25, 0.3) is 0 Å². The summed E-state index contributed by atoms with van der Waals surface area (Å²) in [5.41, 5.74) is 7.12. The molecule has 0 amide bonds. The molecule has 0 saturated heterocycles. The van der Waals surface area contributed by atoms with Gasteiger partial charge in [-0.1, -0.05) is 5.16 Å². The summed E-state index contributed by atoms with van der Waals surface area (Å²) in [6.45, 7) is 0. The molecule has 2 aromatic heterocycles. The first-order chi connectivity index (χ1) is 7.34. The van der Waals surface area contributed by atoms with E-state index in [2.05, 4.69) is 10.1 Å². The Hall–Kier alpha value is -2.30. The van der Waals surface area contributed by atoms with Crippen LogP contribution in [0.15, 0.2) is 39.6 Å². The summed E-state index contributed by atoms with van der Waals surface area (Å²) >= 11 is 0. The normalized spacial score (nSPS) is 10.9. The van der Waals surface area contributed by atoms with E-state index in [1.165, 1.54) is 6.26 Å². The molecule has 0 atom stereocenters. The molecular weight excluding hydrogens is 194 g/mol. The van der Waals surface area contributed by atoms with Gasteiger partial charge in [-0.05, 0) is 18.2 Å². The lowest BCUT2D eigenvalue weighted by atomic mass is 10.1. The highest BCUT2D eigenvalue weighted by molar-refractivity contribution is 5.89. The van der Waals surface area contributed by atoms with Crippen molar-refractivity contribution < 1.29 is 8.94 Å². The summed E-state index contributed by atoms with van der Waals surface area (Å²) in [4.78, 5) is 4.04. The molecule has 5 nitrogen and oxygen atoms in total. The lowest BCUT2D eigenvalue weighted by molar-refractivity contribution is 0.445. The molecule has 2 N–H and O–H groups in total. The number of anilines is 1. The largest absolute Gasteiger partial charge is 0.445 e. The van der Waals surface area contributed by atoms with E-state index in [-0.39, 0.29) is 0 Å². The van der Waals surface area contributed by atoms with Crippen molar-refractivity contribution in [1.82, 2.24) is 10.1 Å². The fraction of sp³-hybridized carbons (Fsp3) is 0. The fourth-order valence-corrected chi connectivity index (χ4v) is 1.46. The average Bonchev–Trinajstić information content (AvgIpc) is 2.88. The SMILES string of the molecule is Nc1onc2cc(-c3ncco3)ccc12. The van der Waals surface area contributed by atoms with Crippen LogP contribution in [0.3, 0.4) is 0 Å². The zero-order chi connectivity index (χ0) is 10.3. The van der Waals surface area contributed by atoms with Gasteiger partial charge in [0.1, 0.15) is 11.8 Å². The monoisotopic (exact) mass is 201 g/mol. The van der Waals surface area contributed by atoms with Crippen LogP contribution in [-0.4, -0.2) is 10.1 Å². The summed E-state index contributed by atoms with van der Waals surface area (Å²) in [6.07, 6.45) is 3.12. The first-order valence-electron chi connectivity index (χ1n) is 4.39. The summed E-state index contributed by atoms with van der Waals surface area (Å²) in [5, 5.41) is 4.62. The lowest BCUT2D eigenvalue weighted by Gasteiger charge is -1.93. The molecule has 0 spiro atoms. The van der Waals surface area contributed by atoms with Crippen LogP contribution in [-0.2, 0) is 0 Å². The first kappa shape index (κ1) is 8.05. The number of oxazole rings is 1. The highest BCUT2D eigenvalue weighted by Crippen LogP contribution is 2.25. The topological polar surface area (TPSA) is 78.1 Å². The van der Waals surface area contributed by atoms with Gasteiger partial charge in [0.05, 0.1) is 11.6 Å². The van der Waals surface area contributed by atoms with Gasteiger partial charge in [-0.2, -0.15) is 0 Å². The Morgan fingerprint density at radius 3 is 3.00 bits per heavy atom. The van der Waals surface area contributed by atoms with Crippen LogP contribution in [0.4, 0.5) is 5.88 Å². The molecule has 2 heterocycles.